The van der Waals surface area contributed by atoms with Crippen LogP contribution in [0.4, 0.5) is 0 Å². The Labute approximate surface area is 173 Å². The smallest absolute Gasteiger partial charge is 0.169 e. The number of nitrogens with one attached hydrogen (secondary N) is 1. The number of likely N-dealkylation sites (N-methyl/N-ethyl adjacent to an activating group) is 1. The average Bonchev–Trinajstić information content (AvgIpc) is 3.12. The molecule has 0 unspecified atom stereocenters. The van der Waals surface area contributed by atoms with Crippen molar-refractivity contribution in [3.05, 3.63) is 81.8 Å². The number of rotatable bonds is 3. The van der Waals surface area contributed by atoms with Crippen molar-refractivity contribution in [2.45, 2.75) is 25.9 Å². The highest BCUT2D eigenvalue weighted by Gasteiger charge is 2.39. The van der Waals surface area contributed by atoms with E-state index in [1.165, 1.54) is 17.0 Å². The van der Waals surface area contributed by atoms with Crippen LogP contribution in [0.5, 0.6) is 0 Å². The molecule has 3 heterocycles. The van der Waals surface area contributed by atoms with Crippen LogP contribution in [0.3, 0.4) is 0 Å². The number of pyridine rings is 1. The molecule has 2 aromatic heterocycles. The van der Waals surface area contributed by atoms with E-state index in [2.05, 4.69) is 79.9 Å². The molecule has 4 rings (SSSR count). The van der Waals surface area contributed by atoms with Gasteiger partial charge in [0.1, 0.15) is 0 Å². The molecular formula is C21H21BrN4S. The molecule has 1 fully saturated rings. The largest absolute Gasteiger partial charge is 0.352 e. The standard InChI is InChI=1S/C21H21BrN4S/c1-13-12-15(14(2)26(13)18-10-5-4-8-16(18)22)20-19(24-21(27)25(20)3)17-9-6-7-11-23-17/h4-12,19-20H,1-3H3,(H,24,27)/t19-,20+/m0/s1. The number of thiocarbonyl (C=S) groups is 1. The summed E-state index contributed by atoms with van der Waals surface area (Å²) in [5, 5.41) is 4.20. The Morgan fingerprint density at radius 3 is 2.56 bits per heavy atom. The zero-order valence-corrected chi connectivity index (χ0v) is 17.9. The van der Waals surface area contributed by atoms with Gasteiger partial charge in [0.25, 0.3) is 0 Å². The lowest BCUT2D eigenvalue weighted by Gasteiger charge is -2.24. The molecule has 3 aromatic rings. The molecule has 0 bridgehead atoms. The van der Waals surface area contributed by atoms with Crippen LogP contribution in [-0.2, 0) is 0 Å². The van der Waals surface area contributed by atoms with Gasteiger partial charge in [0.2, 0.25) is 0 Å². The van der Waals surface area contributed by atoms with E-state index in [-0.39, 0.29) is 12.1 Å². The zero-order chi connectivity index (χ0) is 19.1. The monoisotopic (exact) mass is 440 g/mol. The molecule has 1 aromatic carbocycles. The molecule has 1 saturated heterocycles. The second-order valence-corrected chi connectivity index (χ2v) is 8.09. The van der Waals surface area contributed by atoms with Gasteiger partial charge in [-0.1, -0.05) is 18.2 Å². The predicted octanol–water partition coefficient (Wildman–Crippen LogP) is 4.85. The third-order valence-corrected chi connectivity index (χ3v) is 6.30. The fraction of sp³-hybridized carbons (Fsp3) is 0.238. The van der Waals surface area contributed by atoms with Crippen LogP contribution in [0.25, 0.3) is 5.69 Å². The summed E-state index contributed by atoms with van der Waals surface area (Å²) >= 11 is 9.26. The molecule has 6 heteroatoms. The number of aryl methyl sites for hydroxylation is 1. The lowest BCUT2D eigenvalue weighted by molar-refractivity contribution is 0.367. The van der Waals surface area contributed by atoms with Crippen LogP contribution in [0.2, 0.25) is 0 Å². The Kier molecular flexibility index (Phi) is 4.78. The number of hydrogen-bond acceptors (Lipinski definition) is 2. The van der Waals surface area contributed by atoms with Crippen molar-refractivity contribution in [3.63, 3.8) is 0 Å². The molecule has 0 amide bonds. The zero-order valence-electron chi connectivity index (χ0n) is 15.5. The van der Waals surface area contributed by atoms with Gasteiger partial charge in [0.05, 0.1) is 23.5 Å². The highest BCUT2D eigenvalue weighted by atomic mass is 79.9. The highest BCUT2D eigenvalue weighted by Crippen LogP contribution is 2.40. The fourth-order valence-electron chi connectivity index (χ4n) is 3.94. The highest BCUT2D eigenvalue weighted by molar-refractivity contribution is 9.10. The van der Waals surface area contributed by atoms with E-state index in [0.29, 0.717) is 0 Å². The van der Waals surface area contributed by atoms with E-state index in [4.69, 9.17) is 12.2 Å². The van der Waals surface area contributed by atoms with Crippen LogP contribution in [-0.4, -0.2) is 26.6 Å². The van der Waals surface area contributed by atoms with Crippen molar-refractivity contribution < 1.29 is 0 Å². The summed E-state index contributed by atoms with van der Waals surface area (Å²) in [4.78, 5) is 6.71. The van der Waals surface area contributed by atoms with Gasteiger partial charge >= 0.3 is 0 Å². The predicted molar refractivity (Wildman–Crippen MR) is 116 cm³/mol. The van der Waals surface area contributed by atoms with Gasteiger partial charge < -0.3 is 14.8 Å². The first-order valence-electron chi connectivity index (χ1n) is 8.87. The van der Waals surface area contributed by atoms with E-state index >= 15 is 0 Å². The second-order valence-electron chi connectivity index (χ2n) is 6.85. The first-order valence-corrected chi connectivity index (χ1v) is 10.1. The van der Waals surface area contributed by atoms with Crippen molar-refractivity contribution in [3.8, 4) is 5.69 Å². The van der Waals surface area contributed by atoms with Gasteiger partial charge in [-0.15, -0.1) is 0 Å². The number of aromatic nitrogens is 2. The summed E-state index contributed by atoms with van der Waals surface area (Å²) in [7, 11) is 2.05. The summed E-state index contributed by atoms with van der Waals surface area (Å²) in [6.45, 7) is 4.32. The van der Waals surface area contributed by atoms with E-state index < -0.39 is 0 Å². The van der Waals surface area contributed by atoms with Crippen LogP contribution < -0.4 is 5.32 Å². The van der Waals surface area contributed by atoms with Gasteiger partial charge in [-0.3, -0.25) is 4.98 Å². The summed E-state index contributed by atoms with van der Waals surface area (Å²) in [6, 6.07) is 16.7. The fourth-order valence-corrected chi connectivity index (χ4v) is 4.64. The molecule has 1 N–H and O–H groups in total. The topological polar surface area (TPSA) is 33.1 Å². The van der Waals surface area contributed by atoms with Crippen molar-refractivity contribution in [2.75, 3.05) is 7.05 Å². The molecule has 0 saturated carbocycles. The summed E-state index contributed by atoms with van der Waals surface area (Å²) in [5.41, 5.74) is 5.81. The van der Waals surface area contributed by atoms with Gasteiger partial charge in [0.15, 0.2) is 5.11 Å². The lowest BCUT2D eigenvalue weighted by atomic mass is 9.97. The normalized spacial score (nSPS) is 19.4. The molecule has 0 aliphatic carbocycles. The van der Waals surface area contributed by atoms with Crippen LogP contribution in [0, 0.1) is 13.8 Å². The number of hydrogen-bond donors (Lipinski definition) is 1. The third-order valence-electron chi connectivity index (χ3n) is 5.22. The van der Waals surface area contributed by atoms with Crippen LogP contribution in [0.1, 0.15) is 34.7 Å². The Hall–Kier alpha value is -2.18. The molecule has 2 atom stereocenters. The second kappa shape index (κ2) is 7.09. The Balaban J connectivity index is 1.84. The molecule has 1 aliphatic rings. The average molecular weight is 441 g/mol. The maximum atomic E-state index is 5.57. The Bertz CT molecular complexity index is 999. The quantitative estimate of drug-likeness (QED) is 0.589. The number of nitrogens with zero attached hydrogens (tertiary/aromatic N) is 3. The first-order chi connectivity index (χ1) is 13.0. The van der Waals surface area contributed by atoms with E-state index in [1.807, 2.05) is 31.4 Å². The van der Waals surface area contributed by atoms with Gasteiger partial charge in [-0.05, 0) is 77.9 Å². The molecule has 27 heavy (non-hydrogen) atoms. The van der Waals surface area contributed by atoms with Crippen molar-refractivity contribution in [2.24, 2.45) is 0 Å². The van der Waals surface area contributed by atoms with Gasteiger partial charge in [0, 0.05) is 29.1 Å². The van der Waals surface area contributed by atoms with E-state index in [0.717, 1.165) is 21.0 Å². The van der Waals surface area contributed by atoms with Gasteiger partial charge in [-0.25, -0.2) is 0 Å². The molecule has 1 aliphatic heterocycles. The summed E-state index contributed by atoms with van der Waals surface area (Å²) < 4.78 is 3.37. The van der Waals surface area contributed by atoms with Crippen molar-refractivity contribution in [1.82, 2.24) is 19.8 Å². The third kappa shape index (κ3) is 3.07. The number of halogens is 1. The Morgan fingerprint density at radius 2 is 1.85 bits per heavy atom. The van der Waals surface area contributed by atoms with Crippen LogP contribution >= 0.6 is 28.1 Å². The van der Waals surface area contributed by atoms with Crippen molar-refractivity contribution >= 4 is 33.3 Å². The number of benzene rings is 1. The summed E-state index contributed by atoms with van der Waals surface area (Å²) in [5.74, 6) is 0. The molecular weight excluding hydrogens is 420 g/mol. The number of para-hydroxylation sites is 1. The summed E-state index contributed by atoms with van der Waals surface area (Å²) in [6.07, 6.45) is 1.83. The van der Waals surface area contributed by atoms with E-state index in [1.54, 1.807) is 0 Å². The minimum Gasteiger partial charge on any atom is -0.352 e. The van der Waals surface area contributed by atoms with E-state index in [9.17, 15) is 0 Å². The SMILES string of the molecule is Cc1cc([C@@H]2[C@H](c3ccccn3)NC(=S)N2C)c(C)n1-c1ccccc1Br. The molecule has 0 spiro atoms. The molecule has 0 radical (unpaired) electrons. The van der Waals surface area contributed by atoms with Gasteiger partial charge in [-0.2, -0.15) is 0 Å². The minimum atomic E-state index is 0.0249. The lowest BCUT2D eigenvalue weighted by Crippen LogP contribution is -2.25. The van der Waals surface area contributed by atoms with Crippen molar-refractivity contribution in [1.29, 1.82) is 0 Å². The van der Waals surface area contributed by atoms with Crippen LogP contribution in [0.15, 0.2) is 59.2 Å². The maximum Gasteiger partial charge on any atom is 0.169 e. The Morgan fingerprint density at radius 1 is 1.11 bits per heavy atom. The molecule has 138 valence electrons. The molecule has 4 nitrogen and oxygen atoms in total. The maximum absolute atomic E-state index is 5.57. The first kappa shape index (κ1) is 18.2. The minimum absolute atomic E-state index is 0.0249.